The normalized spacial score (nSPS) is 10.9. The first-order valence-corrected chi connectivity index (χ1v) is 11.9. The van der Waals surface area contributed by atoms with Crippen molar-refractivity contribution in [2.75, 3.05) is 5.32 Å². The van der Waals surface area contributed by atoms with E-state index in [4.69, 9.17) is 71.6 Å². The Balaban J connectivity index is 1.42. The van der Waals surface area contributed by atoms with Gasteiger partial charge >= 0.3 is 0 Å². The van der Waals surface area contributed by atoms with Crippen LogP contribution >= 0.6 is 58.0 Å². The molecule has 0 radical (unpaired) electrons. The second kappa shape index (κ2) is 11.1. The minimum atomic E-state index is -0.608. The van der Waals surface area contributed by atoms with Crippen molar-refractivity contribution in [3.63, 3.8) is 0 Å². The molecule has 0 unspecified atom stereocenters. The van der Waals surface area contributed by atoms with Crippen molar-refractivity contribution in [3.05, 3.63) is 84.8 Å². The maximum atomic E-state index is 12.7. The molecule has 2 amide bonds. The van der Waals surface area contributed by atoms with Crippen LogP contribution in [0.15, 0.2) is 45.6 Å². The quantitative estimate of drug-likeness (QED) is 0.175. The van der Waals surface area contributed by atoms with Crippen LogP contribution in [0.2, 0.25) is 25.1 Å². The van der Waals surface area contributed by atoms with Crippen LogP contribution in [0.3, 0.4) is 0 Å². The summed E-state index contributed by atoms with van der Waals surface area (Å²) < 4.78 is 17.7. The molecule has 0 aliphatic carbocycles. The van der Waals surface area contributed by atoms with Crippen LogP contribution in [0.1, 0.15) is 32.6 Å². The predicted molar refractivity (Wildman–Crippen MR) is 136 cm³/mol. The molecule has 4 aromatic rings. The zero-order valence-electron chi connectivity index (χ0n) is 18.2. The van der Waals surface area contributed by atoms with Gasteiger partial charge in [-0.25, -0.2) is 0 Å². The molecular weight excluding hydrogens is 578 g/mol. The van der Waals surface area contributed by atoms with Crippen LogP contribution < -0.4 is 15.4 Å². The third-order valence-electron chi connectivity index (χ3n) is 4.71. The number of amides is 2. The molecule has 0 bridgehead atoms. The summed E-state index contributed by atoms with van der Waals surface area (Å²) in [4.78, 5) is 25.3. The van der Waals surface area contributed by atoms with Crippen molar-refractivity contribution in [3.8, 4) is 5.75 Å². The Kier molecular flexibility index (Phi) is 8.07. The highest BCUT2D eigenvalue weighted by atomic mass is 35.5. The standard InChI is InChI=1S/C22H15Cl5N4O5/c1-31-8-12(19(30-31)22(33)28-7-10-3-2-6-34-10)29-21(32)13-5-4-11(36-13)9-35-20-17(26)15(24)14(23)16(25)18(20)27/h2-6,8H,7,9H2,1H3,(H,28,33)(H,29,32). The smallest absolute Gasteiger partial charge is 0.291 e. The molecule has 188 valence electrons. The lowest BCUT2D eigenvalue weighted by atomic mass is 10.3. The van der Waals surface area contributed by atoms with Crippen molar-refractivity contribution >= 4 is 75.5 Å². The molecule has 0 fully saturated rings. The van der Waals surface area contributed by atoms with Crippen molar-refractivity contribution in [2.24, 2.45) is 7.05 Å². The summed E-state index contributed by atoms with van der Waals surface area (Å²) in [6.45, 7) is 0.0176. The van der Waals surface area contributed by atoms with Crippen LogP contribution in [0, 0.1) is 0 Å². The molecule has 0 atom stereocenters. The summed E-state index contributed by atoms with van der Waals surface area (Å²) in [5.41, 5.74) is 0.214. The summed E-state index contributed by atoms with van der Waals surface area (Å²) in [6.07, 6.45) is 2.99. The van der Waals surface area contributed by atoms with E-state index in [1.807, 2.05) is 0 Å². The van der Waals surface area contributed by atoms with Gasteiger partial charge in [-0.15, -0.1) is 0 Å². The summed E-state index contributed by atoms with van der Waals surface area (Å²) >= 11 is 30.4. The minimum Gasteiger partial charge on any atom is -0.482 e. The van der Waals surface area contributed by atoms with Gasteiger partial charge in [0.05, 0.1) is 33.6 Å². The number of nitrogens with one attached hydrogen (secondary N) is 2. The Morgan fingerprint density at radius 3 is 2.33 bits per heavy atom. The molecule has 9 nitrogen and oxygen atoms in total. The van der Waals surface area contributed by atoms with E-state index < -0.39 is 11.8 Å². The largest absolute Gasteiger partial charge is 0.482 e. The highest BCUT2D eigenvalue weighted by molar-refractivity contribution is 6.55. The fraction of sp³-hybridized carbons (Fsp3) is 0.136. The van der Waals surface area contributed by atoms with E-state index in [1.54, 1.807) is 19.2 Å². The first kappa shape index (κ1) is 26.2. The topological polar surface area (TPSA) is 112 Å². The number of hydrogen-bond acceptors (Lipinski definition) is 6. The second-order valence-corrected chi connectivity index (χ2v) is 9.12. The second-order valence-electron chi connectivity index (χ2n) is 7.23. The van der Waals surface area contributed by atoms with Crippen LogP contribution in [0.5, 0.6) is 5.75 Å². The van der Waals surface area contributed by atoms with Gasteiger partial charge in [0.15, 0.2) is 17.2 Å². The van der Waals surface area contributed by atoms with Gasteiger partial charge in [-0.05, 0) is 24.3 Å². The first-order chi connectivity index (χ1) is 17.2. The van der Waals surface area contributed by atoms with Crippen LogP contribution in [-0.2, 0) is 20.2 Å². The number of ether oxygens (including phenoxy) is 1. The van der Waals surface area contributed by atoms with E-state index in [1.165, 1.54) is 29.3 Å². The molecule has 36 heavy (non-hydrogen) atoms. The fourth-order valence-corrected chi connectivity index (χ4v) is 4.26. The molecule has 0 spiro atoms. The zero-order chi connectivity index (χ0) is 26.0. The van der Waals surface area contributed by atoms with Crippen molar-refractivity contribution in [2.45, 2.75) is 13.2 Å². The number of anilines is 1. The number of halogens is 5. The van der Waals surface area contributed by atoms with Crippen LogP contribution in [0.25, 0.3) is 0 Å². The van der Waals surface area contributed by atoms with Gasteiger partial charge in [-0.2, -0.15) is 5.10 Å². The molecule has 3 aromatic heterocycles. The van der Waals surface area contributed by atoms with Gasteiger partial charge in [0.1, 0.15) is 28.2 Å². The third-order valence-corrected chi connectivity index (χ3v) is 6.95. The van der Waals surface area contributed by atoms with Crippen LogP contribution in [-0.4, -0.2) is 21.6 Å². The van der Waals surface area contributed by atoms with Crippen LogP contribution in [0.4, 0.5) is 5.69 Å². The SMILES string of the molecule is Cn1cc(NC(=O)c2ccc(COc3c(Cl)c(Cl)c(Cl)c(Cl)c3Cl)o2)c(C(=O)NCc2ccco2)n1. The number of nitrogens with zero attached hydrogens (tertiary/aromatic N) is 2. The van der Waals surface area contributed by atoms with Crippen molar-refractivity contribution in [1.29, 1.82) is 0 Å². The first-order valence-electron chi connectivity index (χ1n) is 10.0. The molecule has 1 aromatic carbocycles. The number of aromatic nitrogens is 2. The fourth-order valence-electron chi connectivity index (χ4n) is 3.03. The van der Waals surface area contributed by atoms with E-state index in [0.29, 0.717) is 5.76 Å². The lowest BCUT2D eigenvalue weighted by molar-refractivity contribution is 0.0943. The highest BCUT2D eigenvalue weighted by Crippen LogP contribution is 2.48. The van der Waals surface area contributed by atoms with E-state index in [9.17, 15) is 9.59 Å². The molecule has 0 aliphatic rings. The number of furan rings is 2. The predicted octanol–water partition coefficient (Wildman–Crippen LogP) is 6.63. The Hall–Kier alpha value is -2.82. The molecule has 0 aliphatic heterocycles. The summed E-state index contributed by atoms with van der Waals surface area (Å²) in [5.74, 6) is -0.282. The Morgan fingerprint density at radius 2 is 1.67 bits per heavy atom. The summed E-state index contributed by atoms with van der Waals surface area (Å²) in [7, 11) is 1.62. The number of benzene rings is 1. The molecule has 3 heterocycles. The number of hydrogen-bond donors (Lipinski definition) is 2. The molecule has 4 rings (SSSR count). The maximum absolute atomic E-state index is 12.7. The van der Waals surface area contributed by atoms with Gasteiger partial charge in [-0.3, -0.25) is 14.3 Å². The lowest BCUT2D eigenvalue weighted by Gasteiger charge is -2.12. The van der Waals surface area contributed by atoms with E-state index in [2.05, 4.69) is 15.7 Å². The Labute approximate surface area is 229 Å². The minimum absolute atomic E-state index is 0.00191. The number of aryl methyl sites for hydroxylation is 1. The average molecular weight is 593 g/mol. The van der Waals surface area contributed by atoms with Gasteiger partial charge in [0.2, 0.25) is 0 Å². The Bertz CT molecular complexity index is 1400. The molecular formula is C22H15Cl5N4O5. The average Bonchev–Trinajstić information content (AvgIpc) is 3.61. The van der Waals surface area contributed by atoms with Gasteiger partial charge in [-0.1, -0.05) is 58.0 Å². The van der Waals surface area contributed by atoms with E-state index in [-0.39, 0.29) is 66.9 Å². The van der Waals surface area contributed by atoms with Gasteiger partial charge in [0.25, 0.3) is 11.8 Å². The van der Waals surface area contributed by atoms with Crippen molar-refractivity contribution < 1.29 is 23.2 Å². The number of rotatable bonds is 8. The third kappa shape index (κ3) is 5.61. The number of carbonyl (C=O) groups is 2. The highest BCUT2D eigenvalue weighted by Gasteiger charge is 2.22. The maximum Gasteiger partial charge on any atom is 0.291 e. The van der Waals surface area contributed by atoms with E-state index in [0.717, 1.165) is 0 Å². The Morgan fingerprint density at radius 1 is 0.972 bits per heavy atom. The zero-order valence-corrected chi connectivity index (χ0v) is 22.0. The summed E-state index contributed by atoms with van der Waals surface area (Å²) in [5, 5.41) is 9.35. The van der Waals surface area contributed by atoms with Gasteiger partial charge < -0.3 is 24.2 Å². The molecule has 2 N–H and O–H groups in total. The summed E-state index contributed by atoms with van der Waals surface area (Å²) in [6, 6.07) is 6.39. The van der Waals surface area contributed by atoms with Gasteiger partial charge in [0, 0.05) is 13.2 Å². The number of carbonyl (C=O) groups excluding carboxylic acids is 2. The molecule has 0 saturated heterocycles. The monoisotopic (exact) mass is 590 g/mol. The lowest BCUT2D eigenvalue weighted by Crippen LogP contribution is -2.25. The van der Waals surface area contributed by atoms with E-state index >= 15 is 0 Å². The molecule has 0 saturated carbocycles. The molecule has 14 heteroatoms. The van der Waals surface area contributed by atoms with Crippen molar-refractivity contribution in [1.82, 2.24) is 15.1 Å².